The van der Waals surface area contributed by atoms with Gasteiger partial charge in [0.2, 0.25) is 0 Å². The van der Waals surface area contributed by atoms with Gasteiger partial charge in [0.1, 0.15) is 11.2 Å². The van der Waals surface area contributed by atoms with Crippen LogP contribution in [0.1, 0.15) is 63.8 Å². The van der Waals surface area contributed by atoms with Gasteiger partial charge < -0.3 is 9.47 Å². The third-order valence-electron chi connectivity index (χ3n) is 6.76. The summed E-state index contributed by atoms with van der Waals surface area (Å²) in [6.45, 7) is 10.9. The SMILES string of the molecule is CC(C)(C)OC(=O)C1=Cc2ccccc2C2=C(c3ccccc3)C=CC=C(c3ccccc3)C2=C1C(=O)OC(C)(C)C. The van der Waals surface area contributed by atoms with E-state index in [1.807, 2.05) is 126 Å². The van der Waals surface area contributed by atoms with Crippen molar-refractivity contribution in [2.45, 2.75) is 52.7 Å². The van der Waals surface area contributed by atoms with Crippen LogP contribution in [0.5, 0.6) is 0 Å². The van der Waals surface area contributed by atoms with Crippen LogP contribution in [0.25, 0.3) is 22.8 Å². The zero-order valence-corrected chi connectivity index (χ0v) is 25.0. The first kappa shape index (κ1) is 28.8. The van der Waals surface area contributed by atoms with Gasteiger partial charge in [-0.2, -0.15) is 0 Å². The van der Waals surface area contributed by atoms with Crippen molar-refractivity contribution in [3.05, 3.63) is 142 Å². The summed E-state index contributed by atoms with van der Waals surface area (Å²) >= 11 is 0. The summed E-state index contributed by atoms with van der Waals surface area (Å²) in [7, 11) is 0. The van der Waals surface area contributed by atoms with Crippen molar-refractivity contribution < 1.29 is 19.1 Å². The van der Waals surface area contributed by atoms with Crippen molar-refractivity contribution in [1.29, 1.82) is 0 Å². The summed E-state index contributed by atoms with van der Waals surface area (Å²) in [5, 5.41) is 0. The average Bonchev–Trinajstić information content (AvgIpc) is 3.21. The summed E-state index contributed by atoms with van der Waals surface area (Å²) in [5.41, 5.74) is 5.58. The van der Waals surface area contributed by atoms with Gasteiger partial charge >= 0.3 is 11.9 Å². The normalized spacial score (nSPS) is 15.1. The van der Waals surface area contributed by atoms with Gasteiger partial charge in [-0.25, -0.2) is 9.59 Å². The van der Waals surface area contributed by atoms with Gasteiger partial charge in [-0.05, 0) is 86.6 Å². The molecule has 3 aromatic rings. The van der Waals surface area contributed by atoms with Crippen LogP contribution >= 0.6 is 0 Å². The molecular weight excluding hydrogens is 520 g/mol. The molecule has 0 fully saturated rings. The summed E-state index contributed by atoms with van der Waals surface area (Å²) in [4.78, 5) is 28.4. The maximum absolute atomic E-state index is 14.4. The first-order valence-corrected chi connectivity index (χ1v) is 14.2. The molecule has 0 aromatic heterocycles. The highest BCUT2D eigenvalue weighted by Crippen LogP contribution is 2.48. The van der Waals surface area contributed by atoms with E-state index < -0.39 is 23.1 Å². The van der Waals surface area contributed by atoms with E-state index in [0.29, 0.717) is 5.57 Å². The lowest BCUT2D eigenvalue weighted by Crippen LogP contribution is -2.30. The van der Waals surface area contributed by atoms with Crippen molar-refractivity contribution in [3.63, 3.8) is 0 Å². The topological polar surface area (TPSA) is 52.6 Å². The van der Waals surface area contributed by atoms with E-state index in [9.17, 15) is 9.59 Å². The number of rotatable bonds is 4. The number of esters is 2. The monoisotopic (exact) mass is 556 g/mol. The van der Waals surface area contributed by atoms with E-state index in [2.05, 4.69) is 18.2 Å². The van der Waals surface area contributed by atoms with Crippen LogP contribution in [-0.4, -0.2) is 23.1 Å². The minimum absolute atomic E-state index is 0.160. The molecule has 0 unspecified atom stereocenters. The Kier molecular flexibility index (Phi) is 7.74. The summed E-state index contributed by atoms with van der Waals surface area (Å²) in [6.07, 6.45) is 7.85. The Morgan fingerprint density at radius 2 is 1.17 bits per heavy atom. The minimum atomic E-state index is -0.797. The van der Waals surface area contributed by atoms with E-state index in [4.69, 9.17) is 9.47 Å². The highest BCUT2D eigenvalue weighted by atomic mass is 16.6. The molecule has 3 aromatic carbocycles. The van der Waals surface area contributed by atoms with Gasteiger partial charge in [-0.3, -0.25) is 0 Å². The number of hydrogen-bond donors (Lipinski definition) is 0. The quantitative estimate of drug-likeness (QED) is 0.302. The third-order valence-corrected chi connectivity index (χ3v) is 6.76. The largest absolute Gasteiger partial charge is 0.456 e. The van der Waals surface area contributed by atoms with Gasteiger partial charge in [0.25, 0.3) is 0 Å². The molecular formula is C38H36O4. The Bertz CT molecular complexity index is 1680. The molecule has 2 aliphatic carbocycles. The van der Waals surface area contributed by atoms with Crippen LogP contribution in [-0.2, 0) is 19.1 Å². The maximum Gasteiger partial charge on any atom is 0.340 e. The zero-order valence-electron chi connectivity index (χ0n) is 25.0. The maximum atomic E-state index is 14.4. The molecule has 0 saturated heterocycles. The molecule has 0 heterocycles. The lowest BCUT2D eigenvalue weighted by molar-refractivity contribution is -0.153. The first-order chi connectivity index (χ1) is 19.9. The van der Waals surface area contributed by atoms with Crippen molar-refractivity contribution in [3.8, 4) is 0 Å². The fourth-order valence-electron chi connectivity index (χ4n) is 5.18. The molecule has 2 aliphatic rings. The van der Waals surface area contributed by atoms with Crippen molar-refractivity contribution in [2.75, 3.05) is 0 Å². The predicted octanol–water partition coefficient (Wildman–Crippen LogP) is 8.63. The van der Waals surface area contributed by atoms with E-state index in [1.165, 1.54) is 0 Å². The van der Waals surface area contributed by atoms with Crippen LogP contribution in [0.2, 0.25) is 0 Å². The van der Waals surface area contributed by atoms with E-state index in [-0.39, 0.29) is 11.1 Å². The van der Waals surface area contributed by atoms with Gasteiger partial charge in [0.05, 0.1) is 11.1 Å². The van der Waals surface area contributed by atoms with Gasteiger partial charge in [-0.1, -0.05) is 103 Å². The number of carbonyl (C=O) groups excluding carboxylic acids is 2. The Balaban J connectivity index is 1.97. The van der Waals surface area contributed by atoms with E-state index in [0.717, 1.165) is 39.0 Å². The first-order valence-electron chi connectivity index (χ1n) is 14.2. The van der Waals surface area contributed by atoms with Gasteiger partial charge in [0, 0.05) is 5.57 Å². The fourth-order valence-corrected chi connectivity index (χ4v) is 5.18. The molecule has 0 amide bonds. The van der Waals surface area contributed by atoms with Crippen LogP contribution < -0.4 is 0 Å². The van der Waals surface area contributed by atoms with Crippen LogP contribution in [0, 0.1) is 0 Å². The Labute approximate surface area is 248 Å². The lowest BCUT2D eigenvalue weighted by atomic mass is 9.81. The highest BCUT2D eigenvalue weighted by Gasteiger charge is 2.37. The second-order valence-corrected chi connectivity index (χ2v) is 12.4. The van der Waals surface area contributed by atoms with Gasteiger partial charge in [0.15, 0.2) is 0 Å². The Hall–Kier alpha value is -4.70. The molecule has 0 bridgehead atoms. The van der Waals surface area contributed by atoms with Gasteiger partial charge in [-0.15, -0.1) is 0 Å². The number of fused-ring (bicyclic) bond motifs is 3. The average molecular weight is 557 g/mol. The van der Waals surface area contributed by atoms with Crippen LogP contribution in [0.15, 0.2) is 120 Å². The van der Waals surface area contributed by atoms with E-state index >= 15 is 0 Å². The molecule has 0 saturated carbocycles. The zero-order chi connectivity index (χ0) is 30.1. The fraction of sp³-hybridized carbons (Fsp3) is 0.211. The van der Waals surface area contributed by atoms with Crippen LogP contribution in [0.3, 0.4) is 0 Å². The molecule has 4 nitrogen and oxygen atoms in total. The molecule has 42 heavy (non-hydrogen) atoms. The minimum Gasteiger partial charge on any atom is -0.456 e. The predicted molar refractivity (Wildman–Crippen MR) is 170 cm³/mol. The third kappa shape index (κ3) is 6.13. The van der Waals surface area contributed by atoms with Crippen LogP contribution in [0.4, 0.5) is 0 Å². The van der Waals surface area contributed by atoms with Crippen molar-refractivity contribution >= 4 is 34.7 Å². The summed E-state index contributed by atoms with van der Waals surface area (Å²) in [6, 6.07) is 27.9. The molecule has 0 aliphatic heterocycles. The molecule has 0 spiro atoms. The molecule has 0 atom stereocenters. The molecule has 0 radical (unpaired) electrons. The van der Waals surface area contributed by atoms with E-state index in [1.54, 1.807) is 6.08 Å². The van der Waals surface area contributed by atoms with Crippen molar-refractivity contribution in [2.24, 2.45) is 0 Å². The molecule has 212 valence electrons. The Morgan fingerprint density at radius 3 is 1.79 bits per heavy atom. The number of benzene rings is 3. The highest BCUT2D eigenvalue weighted by molar-refractivity contribution is 6.22. The smallest absolute Gasteiger partial charge is 0.340 e. The number of carbonyl (C=O) groups is 2. The number of hydrogen-bond acceptors (Lipinski definition) is 4. The second-order valence-electron chi connectivity index (χ2n) is 12.4. The summed E-state index contributed by atoms with van der Waals surface area (Å²) < 4.78 is 12.0. The Morgan fingerprint density at radius 1 is 0.619 bits per heavy atom. The molecule has 4 heteroatoms. The standard InChI is InChI=1S/C38H36O4/c1-37(2,3)41-35(39)31-24-27-20-13-14-21-30(27)32-28(25-16-9-7-10-17-25)22-15-23-29(26-18-11-8-12-19-26)33(32)34(31)36(40)42-38(4,5)6/h7-24H,1-6H3. The number of allylic oxidation sites excluding steroid dienone is 7. The summed E-state index contributed by atoms with van der Waals surface area (Å²) in [5.74, 6) is -1.17. The lowest BCUT2D eigenvalue weighted by Gasteiger charge is -2.26. The number of ether oxygens (including phenoxy) is 2. The molecule has 5 rings (SSSR count). The second kappa shape index (κ2) is 11.3. The van der Waals surface area contributed by atoms with Crippen molar-refractivity contribution in [1.82, 2.24) is 0 Å². The molecule has 0 N–H and O–H groups in total.